The van der Waals surface area contributed by atoms with Crippen LogP contribution in [0.15, 0.2) is 59.8 Å². The van der Waals surface area contributed by atoms with Crippen molar-refractivity contribution in [2.75, 3.05) is 18.2 Å². The van der Waals surface area contributed by atoms with Crippen LogP contribution in [0, 0.1) is 0 Å². The standard InChI is InChI=1S/C20H20N4O2S/c1-26-17-9-5-6-15(12-17)21-18(25)13-27-20-22-19(14-10-11-14)24(23-20)16-7-3-2-4-8-16/h2-9,12,14H,10-11,13H2,1H3,(H,21,25). The smallest absolute Gasteiger partial charge is 0.234 e. The second-order valence-corrected chi connectivity index (χ2v) is 7.29. The van der Waals surface area contributed by atoms with E-state index >= 15 is 0 Å². The Bertz CT molecular complexity index is 938. The molecule has 138 valence electrons. The first-order valence-corrected chi connectivity index (χ1v) is 9.80. The van der Waals surface area contributed by atoms with Crippen LogP contribution >= 0.6 is 11.8 Å². The Morgan fingerprint density at radius 2 is 2.04 bits per heavy atom. The largest absolute Gasteiger partial charge is 0.497 e. The molecule has 0 spiro atoms. The van der Waals surface area contributed by atoms with Gasteiger partial charge in [0.05, 0.1) is 18.6 Å². The van der Waals surface area contributed by atoms with Gasteiger partial charge in [0.25, 0.3) is 0 Å². The van der Waals surface area contributed by atoms with E-state index in [1.807, 2.05) is 53.2 Å². The highest BCUT2D eigenvalue weighted by Crippen LogP contribution is 2.40. The molecule has 7 heteroatoms. The molecule has 1 heterocycles. The van der Waals surface area contributed by atoms with Crippen LogP contribution in [0.5, 0.6) is 5.75 Å². The van der Waals surface area contributed by atoms with Gasteiger partial charge in [0, 0.05) is 17.7 Å². The Balaban J connectivity index is 1.43. The van der Waals surface area contributed by atoms with E-state index in [-0.39, 0.29) is 11.7 Å². The van der Waals surface area contributed by atoms with Crippen LogP contribution < -0.4 is 10.1 Å². The summed E-state index contributed by atoms with van der Waals surface area (Å²) in [5.74, 6) is 2.31. The molecule has 0 bridgehead atoms. The number of hydrogen-bond acceptors (Lipinski definition) is 5. The average Bonchev–Trinajstić information content (AvgIpc) is 3.46. The van der Waals surface area contributed by atoms with Crippen LogP contribution in [-0.4, -0.2) is 33.5 Å². The van der Waals surface area contributed by atoms with Gasteiger partial charge in [-0.05, 0) is 37.1 Å². The molecule has 1 N–H and O–H groups in total. The molecular formula is C20H20N4O2S. The molecule has 1 amide bonds. The molecule has 3 aromatic rings. The van der Waals surface area contributed by atoms with Crippen LogP contribution in [0.4, 0.5) is 5.69 Å². The molecule has 1 fully saturated rings. The highest BCUT2D eigenvalue weighted by Gasteiger charge is 2.30. The van der Waals surface area contributed by atoms with Gasteiger partial charge in [0.1, 0.15) is 11.6 Å². The number of carbonyl (C=O) groups is 1. The van der Waals surface area contributed by atoms with Crippen molar-refractivity contribution in [3.63, 3.8) is 0 Å². The number of ether oxygens (including phenoxy) is 1. The number of rotatable bonds is 7. The Labute approximate surface area is 162 Å². The number of nitrogens with zero attached hydrogens (tertiary/aromatic N) is 3. The van der Waals surface area contributed by atoms with Gasteiger partial charge in [-0.15, -0.1) is 5.10 Å². The number of thioether (sulfide) groups is 1. The Kier molecular flexibility index (Phi) is 5.11. The van der Waals surface area contributed by atoms with Crippen molar-refractivity contribution in [3.8, 4) is 11.4 Å². The van der Waals surface area contributed by atoms with Crippen molar-refractivity contribution in [1.82, 2.24) is 14.8 Å². The van der Waals surface area contributed by atoms with Crippen LogP contribution in [0.2, 0.25) is 0 Å². The Hall–Kier alpha value is -2.80. The first kappa shape index (κ1) is 17.6. The van der Waals surface area contributed by atoms with Gasteiger partial charge < -0.3 is 10.1 Å². The van der Waals surface area contributed by atoms with Crippen molar-refractivity contribution >= 4 is 23.4 Å². The van der Waals surface area contributed by atoms with Crippen molar-refractivity contribution in [3.05, 3.63) is 60.4 Å². The topological polar surface area (TPSA) is 69.0 Å². The third-order valence-electron chi connectivity index (χ3n) is 4.24. The molecule has 1 aliphatic carbocycles. The molecule has 2 aromatic carbocycles. The fourth-order valence-corrected chi connectivity index (χ4v) is 3.39. The van der Waals surface area contributed by atoms with E-state index < -0.39 is 0 Å². The van der Waals surface area contributed by atoms with Crippen molar-refractivity contribution < 1.29 is 9.53 Å². The summed E-state index contributed by atoms with van der Waals surface area (Å²) in [7, 11) is 1.60. The predicted octanol–water partition coefficient (Wildman–Crippen LogP) is 3.88. The summed E-state index contributed by atoms with van der Waals surface area (Å²) in [6.07, 6.45) is 2.29. The van der Waals surface area contributed by atoms with E-state index in [0.29, 0.717) is 22.5 Å². The normalized spacial score (nSPS) is 13.4. The maximum absolute atomic E-state index is 12.3. The molecule has 1 aromatic heterocycles. The van der Waals surface area contributed by atoms with Gasteiger partial charge in [-0.3, -0.25) is 4.79 Å². The number of para-hydroxylation sites is 1. The maximum Gasteiger partial charge on any atom is 0.234 e. The summed E-state index contributed by atoms with van der Waals surface area (Å²) in [4.78, 5) is 16.9. The van der Waals surface area contributed by atoms with Gasteiger partial charge in [-0.2, -0.15) is 0 Å². The van der Waals surface area contributed by atoms with Crippen LogP contribution in [-0.2, 0) is 4.79 Å². The summed E-state index contributed by atoms with van der Waals surface area (Å²) in [6, 6.07) is 17.3. The lowest BCUT2D eigenvalue weighted by Crippen LogP contribution is -2.14. The molecule has 6 nitrogen and oxygen atoms in total. The van der Waals surface area contributed by atoms with Crippen LogP contribution in [0.3, 0.4) is 0 Å². The van der Waals surface area contributed by atoms with Crippen molar-refractivity contribution in [1.29, 1.82) is 0 Å². The van der Waals surface area contributed by atoms with E-state index in [0.717, 1.165) is 24.4 Å². The fraction of sp³-hybridized carbons (Fsp3) is 0.250. The summed E-state index contributed by atoms with van der Waals surface area (Å²) >= 11 is 1.35. The molecule has 1 saturated carbocycles. The van der Waals surface area contributed by atoms with Gasteiger partial charge >= 0.3 is 0 Å². The highest BCUT2D eigenvalue weighted by molar-refractivity contribution is 7.99. The molecule has 1 aliphatic rings. The molecule has 0 unspecified atom stereocenters. The van der Waals surface area contributed by atoms with Gasteiger partial charge in [0.2, 0.25) is 11.1 Å². The zero-order valence-corrected chi connectivity index (χ0v) is 15.8. The third kappa shape index (κ3) is 4.31. The summed E-state index contributed by atoms with van der Waals surface area (Å²) in [5, 5.41) is 8.12. The van der Waals surface area contributed by atoms with E-state index in [1.54, 1.807) is 13.2 Å². The number of nitrogens with one attached hydrogen (secondary N) is 1. The quantitative estimate of drug-likeness (QED) is 0.630. The molecule has 27 heavy (non-hydrogen) atoms. The minimum absolute atomic E-state index is 0.0997. The van der Waals surface area contributed by atoms with Crippen LogP contribution in [0.1, 0.15) is 24.6 Å². The summed E-state index contributed by atoms with van der Waals surface area (Å²) in [5.41, 5.74) is 1.71. The van der Waals surface area contributed by atoms with E-state index in [2.05, 4.69) is 15.4 Å². The third-order valence-corrected chi connectivity index (χ3v) is 5.08. The SMILES string of the molecule is COc1cccc(NC(=O)CSc2nc(C3CC3)n(-c3ccccc3)n2)c1. The minimum Gasteiger partial charge on any atom is -0.497 e. The van der Waals surface area contributed by atoms with E-state index in [1.165, 1.54) is 11.8 Å². The first-order valence-electron chi connectivity index (χ1n) is 8.82. The van der Waals surface area contributed by atoms with Gasteiger partial charge in [-0.1, -0.05) is 36.0 Å². The second-order valence-electron chi connectivity index (χ2n) is 6.34. The van der Waals surface area contributed by atoms with Crippen molar-refractivity contribution in [2.24, 2.45) is 0 Å². The Morgan fingerprint density at radius 3 is 2.78 bits per heavy atom. The zero-order valence-electron chi connectivity index (χ0n) is 15.0. The lowest BCUT2D eigenvalue weighted by atomic mass is 10.3. The molecule has 0 atom stereocenters. The summed E-state index contributed by atoms with van der Waals surface area (Å²) in [6.45, 7) is 0. The monoisotopic (exact) mass is 380 g/mol. The number of carbonyl (C=O) groups excluding carboxylic acids is 1. The van der Waals surface area contributed by atoms with E-state index in [4.69, 9.17) is 4.74 Å². The number of hydrogen-bond donors (Lipinski definition) is 1. The van der Waals surface area contributed by atoms with E-state index in [9.17, 15) is 4.79 Å². The Morgan fingerprint density at radius 1 is 1.22 bits per heavy atom. The molecular weight excluding hydrogens is 360 g/mol. The second kappa shape index (κ2) is 7.84. The van der Waals surface area contributed by atoms with Gasteiger partial charge in [0.15, 0.2) is 0 Å². The lowest BCUT2D eigenvalue weighted by molar-refractivity contribution is -0.113. The highest BCUT2D eigenvalue weighted by atomic mass is 32.2. The number of benzene rings is 2. The zero-order chi connectivity index (χ0) is 18.6. The number of amides is 1. The van der Waals surface area contributed by atoms with Crippen LogP contribution in [0.25, 0.3) is 5.69 Å². The number of methoxy groups -OCH3 is 1. The fourth-order valence-electron chi connectivity index (χ4n) is 2.76. The molecule has 4 rings (SSSR count). The molecule has 0 radical (unpaired) electrons. The predicted molar refractivity (Wildman–Crippen MR) is 106 cm³/mol. The first-order chi connectivity index (χ1) is 13.2. The number of aromatic nitrogens is 3. The summed E-state index contributed by atoms with van der Waals surface area (Å²) < 4.78 is 7.08. The van der Waals surface area contributed by atoms with Crippen molar-refractivity contribution in [2.45, 2.75) is 23.9 Å². The lowest BCUT2D eigenvalue weighted by Gasteiger charge is -2.06. The molecule has 0 aliphatic heterocycles. The molecule has 0 saturated heterocycles. The number of anilines is 1. The minimum atomic E-state index is -0.0997. The average molecular weight is 380 g/mol. The van der Waals surface area contributed by atoms with Gasteiger partial charge in [-0.25, -0.2) is 9.67 Å². The maximum atomic E-state index is 12.3.